The van der Waals surface area contributed by atoms with E-state index in [1.807, 2.05) is 0 Å². The van der Waals surface area contributed by atoms with Crippen LogP contribution in [0.5, 0.6) is 0 Å². The van der Waals surface area contributed by atoms with Gasteiger partial charge in [-0.3, -0.25) is 0 Å². The Hall–Kier alpha value is -5.98. The number of rotatable bonds is 4. The highest BCUT2D eigenvalue weighted by atomic mass is 14.2. The fraction of sp³-hybridized carbons (Fsp3) is 0. The maximum absolute atomic E-state index is 10.1. The molecule has 0 aliphatic carbocycles. The summed E-state index contributed by atoms with van der Waals surface area (Å²) in [6.07, 6.45) is 0. The second-order valence-corrected chi connectivity index (χ2v) is 9.75. The van der Waals surface area contributed by atoms with Crippen molar-refractivity contribution in [3.8, 4) is 44.5 Å². The number of hydrogen-bond acceptors (Lipinski definition) is 0. The van der Waals surface area contributed by atoms with E-state index in [1.54, 1.807) is 0 Å². The highest BCUT2D eigenvalue weighted by Gasteiger charge is 2.18. The molecule has 9 aromatic rings. The molecule has 46 heavy (non-hydrogen) atoms. The van der Waals surface area contributed by atoms with Gasteiger partial charge in [-0.05, 0) is 112 Å². The molecule has 0 amide bonds. The molecule has 0 saturated heterocycles. The fourth-order valence-electron chi connectivity index (χ4n) is 5.12. The molecule has 0 N–H and O–H groups in total. The summed E-state index contributed by atoms with van der Waals surface area (Å²) in [6.45, 7) is 0. The third-order valence-electron chi connectivity index (χ3n) is 7.12. The van der Waals surface area contributed by atoms with E-state index in [0.717, 1.165) is 0 Å². The van der Waals surface area contributed by atoms with E-state index in [-0.39, 0.29) is 0 Å². The molecular formula is C46H30. The van der Waals surface area contributed by atoms with Gasteiger partial charge in [0.1, 0.15) is 0 Å². The molecule has 0 unspecified atom stereocenters. The van der Waals surface area contributed by atoms with E-state index in [0.29, 0.717) is 0 Å². The van der Waals surface area contributed by atoms with Crippen LogP contribution in [0.2, 0.25) is 0 Å². The highest BCUT2D eigenvalue weighted by molar-refractivity contribution is 6.22. The number of benzene rings is 9. The van der Waals surface area contributed by atoms with Crippen LogP contribution >= 0.6 is 0 Å². The van der Waals surface area contributed by atoms with Gasteiger partial charge in [-0.1, -0.05) is 157 Å². The van der Waals surface area contributed by atoms with Crippen molar-refractivity contribution in [3.05, 3.63) is 181 Å². The zero-order chi connectivity index (χ0) is 56.6. The van der Waals surface area contributed by atoms with Gasteiger partial charge in [0.25, 0.3) is 0 Å². The van der Waals surface area contributed by atoms with Gasteiger partial charge in [-0.15, -0.1) is 0 Å². The minimum atomic E-state index is -1.18. The van der Waals surface area contributed by atoms with Gasteiger partial charge in [-0.2, -0.15) is 0 Å². The molecule has 9 aromatic carbocycles. The zero-order valence-corrected chi connectivity index (χ0v) is 23.0. The van der Waals surface area contributed by atoms with Crippen molar-refractivity contribution in [2.24, 2.45) is 0 Å². The van der Waals surface area contributed by atoms with Gasteiger partial charge in [0, 0.05) is 0 Å². The monoisotopic (exact) mass is 612 g/mol. The molecule has 0 atom stereocenters. The SMILES string of the molecule is [2H]c1c([2H])c([2H])c(-c2c([2H])c([2H])c([2H])c(-c3c4c([2H])c([2H])c([2H])c([2H])c4c(-c4c([2H])c([2H])c5c([2H])c([2H])c([2H])c([2H])c5c4[2H])c4c([2H])c(-c5c([2H])c([2H])c6c([2H])c([2H])c([2H])c([2H])c6c5[2H])c([2H])c([2H])c34)c2[2H])c([2H])c1[2H]. The second-order valence-electron chi connectivity index (χ2n) is 9.75. The van der Waals surface area contributed by atoms with E-state index in [1.165, 1.54) is 0 Å². The van der Waals surface area contributed by atoms with E-state index >= 15 is 0 Å². The minimum absolute atomic E-state index is 0.619. The van der Waals surface area contributed by atoms with Crippen LogP contribution in [0.25, 0.3) is 87.6 Å². The van der Waals surface area contributed by atoms with E-state index < -0.39 is 269 Å². The van der Waals surface area contributed by atoms with Crippen LogP contribution in [0.1, 0.15) is 41.1 Å². The van der Waals surface area contributed by atoms with Crippen LogP contribution in [0.15, 0.2) is 181 Å². The van der Waals surface area contributed by atoms with Gasteiger partial charge in [-0.25, -0.2) is 0 Å². The smallest absolute Gasteiger partial charge is 0.0622 e. The predicted octanol–water partition coefficient (Wildman–Crippen LogP) is 13.0. The van der Waals surface area contributed by atoms with Crippen molar-refractivity contribution in [3.63, 3.8) is 0 Å². The zero-order valence-electron chi connectivity index (χ0n) is 53.0. The first-order valence-electron chi connectivity index (χ1n) is 28.5. The molecule has 0 bridgehead atoms. The Kier molecular flexibility index (Phi) is 2.37. The molecule has 0 aromatic heterocycles. The Morgan fingerprint density at radius 1 is 0.239 bits per heavy atom. The Morgan fingerprint density at radius 2 is 0.674 bits per heavy atom. The lowest BCUT2D eigenvalue weighted by Crippen LogP contribution is -1.92. The Morgan fingerprint density at radius 3 is 1.39 bits per heavy atom. The maximum Gasteiger partial charge on any atom is 0.0636 e. The molecule has 214 valence electrons. The summed E-state index contributed by atoms with van der Waals surface area (Å²) in [7, 11) is 0. The third-order valence-corrected chi connectivity index (χ3v) is 7.12. The first kappa shape index (κ1) is 10.0. The van der Waals surface area contributed by atoms with Crippen LogP contribution in [0.4, 0.5) is 0 Å². The molecule has 0 radical (unpaired) electrons. The van der Waals surface area contributed by atoms with Crippen LogP contribution in [-0.4, -0.2) is 0 Å². The Bertz CT molecular complexity index is 4250. The molecule has 9 rings (SSSR count). The molecule has 0 heteroatoms. The molecule has 0 aliphatic heterocycles. The van der Waals surface area contributed by atoms with Gasteiger partial charge in [0.05, 0.1) is 41.1 Å². The molecule has 0 aliphatic rings. The molecule has 0 fully saturated rings. The molecule has 0 nitrogen and oxygen atoms in total. The summed E-state index contributed by atoms with van der Waals surface area (Å²) in [4.78, 5) is 0. The van der Waals surface area contributed by atoms with Gasteiger partial charge < -0.3 is 0 Å². The molecule has 0 saturated carbocycles. The maximum atomic E-state index is 10.1. The van der Waals surface area contributed by atoms with Crippen molar-refractivity contribution in [2.75, 3.05) is 0 Å². The normalized spacial score (nSPS) is 20.6. The summed E-state index contributed by atoms with van der Waals surface area (Å²) in [5, 5.41) is -6.19. The van der Waals surface area contributed by atoms with Crippen LogP contribution in [-0.2, 0) is 0 Å². The van der Waals surface area contributed by atoms with Crippen molar-refractivity contribution < 1.29 is 41.1 Å². The summed E-state index contributed by atoms with van der Waals surface area (Å²) < 4.78 is 270. The van der Waals surface area contributed by atoms with Crippen molar-refractivity contribution in [1.82, 2.24) is 0 Å². The van der Waals surface area contributed by atoms with Gasteiger partial charge in [0.15, 0.2) is 0 Å². The lowest BCUT2D eigenvalue weighted by Gasteiger charge is -2.19. The minimum Gasteiger partial charge on any atom is -0.0622 e. The summed E-state index contributed by atoms with van der Waals surface area (Å²) in [5.41, 5.74) is -7.19. The van der Waals surface area contributed by atoms with Crippen LogP contribution < -0.4 is 0 Å². The van der Waals surface area contributed by atoms with Crippen LogP contribution in [0.3, 0.4) is 0 Å². The third kappa shape index (κ3) is 4.47. The Balaban J connectivity index is 1.68. The lowest BCUT2D eigenvalue weighted by atomic mass is 9.84. The topological polar surface area (TPSA) is 0 Å². The first-order valence-corrected chi connectivity index (χ1v) is 13.5. The number of fused-ring (bicyclic) bond motifs is 4. The van der Waals surface area contributed by atoms with Gasteiger partial charge >= 0.3 is 0 Å². The van der Waals surface area contributed by atoms with Crippen molar-refractivity contribution in [2.45, 2.75) is 0 Å². The average Bonchev–Trinajstić information content (AvgIpc) is 3.38. The summed E-state index contributed by atoms with van der Waals surface area (Å²) >= 11 is 0. The van der Waals surface area contributed by atoms with E-state index in [9.17, 15) is 16.4 Å². The Labute approximate surface area is 311 Å². The van der Waals surface area contributed by atoms with Crippen molar-refractivity contribution in [1.29, 1.82) is 0 Å². The quantitative estimate of drug-likeness (QED) is 0.173. The largest absolute Gasteiger partial charge is 0.0636 e. The summed E-state index contributed by atoms with van der Waals surface area (Å²) in [6, 6.07) is -30.2. The standard InChI is InChI=1S/C46H30/c1-2-11-31(12-3-1)36-17-10-18-39(28-36)45-41-19-8-9-20-42(41)46(40-24-22-33-14-5-7-16-35(33)29-40)44-30-38(25-26-43(44)45)37-23-21-32-13-4-6-15-34(32)27-37/h1-30H/i1D,2D,3D,4D,5D,6D,7D,8D,9D,10D,11D,12D,13D,14D,15D,16D,17D,18D,19D,20D,21D,22D,23D,24D,25D,26D,27D,28D,29D,30D. The second kappa shape index (κ2) is 10.9. The average molecular weight is 613 g/mol. The van der Waals surface area contributed by atoms with E-state index in [4.69, 9.17) is 24.7 Å². The predicted molar refractivity (Wildman–Crippen MR) is 198 cm³/mol. The summed E-state index contributed by atoms with van der Waals surface area (Å²) in [5.74, 6) is 0. The van der Waals surface area contributed by atoms with Crippen LogP contribution in [0, 0.1) is 0 Å². The van der Waals surface area contributed by atoms with E-state index in [2.05, 4.69) is 0 Å². The lowest BCUT2D eigenvalue weighted by molar-refractivity contribution is 1.61. The highest BCUT2D eigenvalue weighted by Crippen LogP contribution is 2.46. The first-order chi connectivity index (χ1) is 35.3. The van der Waals surface area contributed by atoms with Crippen molar-refractivity contribution >= 4 is 43.1 Å². The fourth-order valence-corrected chi connectivity index (χ4v) is 5.12. The van der Waals surface area contributed by atoms with Gasteiger partial charge in [0.2, 0.25) is 0 Å². The molecule has 0 spiro atoms. The molecular weight excluding hydrogens is 553 g/mol. The molecule has 0 heterocycles. The number of hydrogen-bond donors (Lipinski definition) is 0.